The Balaban J connectivity index is 2.38. The number of aliphatic hydroxyl groups excluding tert-OH is 4. The molecule has 1 fully saturated rings. The number of unbranched alkanes of at least 4 members (excludes halogenated alkanes) is 15. The largest absolute Gasteiger partial charge is 0.462 e. The number of allylic oxidation sites excluding steroid dienone is 10. The van der Waals surface area contributed by atoms with Crippen LogP contribution in [0.25, 0.3) is 0 Å². The van der Waals surface area contributed by atoms with Crippen LogP contribution >= 0.6 is 0 Å². The van der Waals surface area contributed by atoms with Crippen molar-refractivity contribution in [2.24, 2.45) is 0 Å². The van der Waals surface area contributed by atoms with Gasteiger partial charge in [0.15, 0.2) is 12.4 Å². The van der Waals surface area contributed by atoms with Gasteiger partial charge in [0.1, 0.15) is 31.0 Å². The van der Waals surface area contributed by atoms with Crippen molar-refractivity contribution < 1.29 is 49.0 Å². The van der Waals surface area contributed by atoms with Crippen LogP contribution in [0.3, 0.4) is 0 Å². The second kappa shape index (κ2) is 37.7. The van der Waals surface area contributed by atoms with E-state index in [4.69, 9.17) is 18.9 Å². The molecule has 0 aliphatic carbocycles. The normalized spacial score (nSPS) is 20.8. The van der Waals surface area contributed by atoms with Gasteiger partial charge in [0.25, 0.3) is 0 Å². The van der Waals surface area contributed by atoms with E-state index in [1.54, 1.807) is 0 Å². The van der Waals surface area contributed by atoms with Crippen molar-refractivity contribution in [3.8, 4) is 0 Å². The van der Waals surface area contributed by atoms with Crippen LogP contribution in [0.1, 0.15) is 168 Å². The van der Waals surface area contributed by atoms with Gasteiger partial charge in [-0.1, -0.05) is 145 Å². The van der Waals surface area contributed by atoms with Crippen molar-refractivity contribution in [3.63, 3.8) is 0 Å². The highest BCUT2D eigenvalue weighted by Crippen LogP contribution is 2.22. The van der Waals surface area contributed by atoms with Gasteiger partial charge < -0.3 is 39.4 Å². The summed E-state index contributed by atoms with van der Waals surface area (Å²) in [6, 6.07) is 0. The number of rotatable bonds is 36. The molecule has 10 nitrogen and oxygen atoms in total. The molecule has 0 aromatic heterocycles. The molecule has 10 heteroatoms. The average Bonchev–Trinajstić information content (AvgIpc) is 3.21. The van der Waals surface area contributed by atoms with Crippen LogP contribution < -0.4 is 0 Å². The summed E-state index contributed by atoms with van der Waals surface area (Å²) in [6.07, 6.45) is 38.1. The monoisotopic (exact) mass is 805 g/mol. The Hall–Kier alpha value is -2.60. The highest BCUT2D eigenvalue weighted by Gasteiger charge is 2.44. The van der Waals surface area contributed by atoms with Crippen molar-refractivity contribution in [1.29, 1.82) is 0 Å². The lowest BCUT2D eigenvalue weighted by Gasteiger charge is -2.39. The van der Waals surface area contributed by atoms with Gasteiger partial charge in [-0.15, -0.1) is 0 Å². The summed E-state index contributed by atoms with van der Waals surface area (Å²) in [7, 11) is 0. The number of esters is 2. The number of carbonyl (C=O) groups is 2. The van der Waals surface area contributed by atoms with E-state index in [0.29, 0.717) is 12.8 Å². The quantitative estimate of drug-likeness (QED) is 0.0274. The predicted octanol–water partition coefficient (Wildman–Crippen LogP) is 9.44. The van der Waals surface area contributed by atoms with E-state index in [2.05, 4.69) is 74.6 Å². The molecular weight excluding hydrogens is 725 g/mol. The second-order valence-corrected chi connectivity index (χ2v) is 15.1. The number of hydrogen-bond donors (Lipinski definition) is 4. The molecule has 0 saturated carbocycles. The summed E-state index contributed by atoms with van der Waals surface area (Å²) >= 11 is 0. The molecule has 6 atom stereocenters. The van der Waals surface area contributed by atoms with E-state index < -0.39 is 55.4 Å². The minimum absolute atomic E-state index is 0.199. The van der Waals surface area contributed by atoms with Crippen LogP contribution in [-0.2, 0) is 28.5 Å². The highest BCUT2D eigenvalue weighted by molar-refractivity contribution is 5.70. The lowest BCUT2D eigenvalue weighted by molar-refractivity contribution is -0.305. The fraction of sp³-hybridized carbons (Fsp3) is 0.745. The molecule has 0 aromatic carbocycles. The van der Waals surface area contributed by atoms with Crippen LogP contribution in [-0.4, -0.2) is 89.0 Å². The molecular formula is C47H80O10. The molecule has 1 rings (SSSR count). The van der Waals surface area contributed by atoms with E-state index in [1.807, 2.05) is 0 Å². The summed E-state index contributed by atoms with van der Waals surface area (Å²) in [5, 5.41) is 40.0. The van der Waals surface area contributed by atoms with E-state index in [-0.39, 0.29) is 26.1 Å². The first-order valence-corrected chi connectivity index (χ1v) is 22.4. The third-order valence-electron chi connectivity index (χ3n) is 9.89. The molecule has 0 aromatic rings. The zero-order chi connectivity index (χ0) is 41.6. The molecule has 0 spiro atoms. The smallest absolute Gasteiger partial charge is 0.306 e. The van der Waals surface area contributed by atoms with Crippen molar-refractivity contribution >= 4 is 11.9 Å². The topological polar surface area (TPSA) is 152 Å². The van der Waals surface area contributed by atoms with Gasteiger partial charge >= 0.3 is 11.9 Å². The Morgan fingerprint density at radius 2 is 1.05 bits per heavy atom. The number of aliphatic hydroxyl groups is 4. The Morgan fingerprint density at radius 3 is 1.61 bits per heavy atom. The van der Waals surface area contributed by atoms with Crippen LogP contribution in [0.15, 0.2) is 60.8 Å². The minimum atomic E-state index is -1.61. The van der Waals surface area contributed by atoms with Gasteiger partial charge in [0.2, 0.25) is 0 Å². The van der Waals surface area contributed by atoms with Crippen LogP contribution in [0.5, 0.6) is 0 Å². The van der Waals surface area contributed by atoms with E-state index in [9.17, 15) is 30.0 Å². The van der Waals surface area contributed by atoms with E-state index in [0.717, 1.165) is 70.6 Å². The Bertz CT molecular complexity index is 1110. The predicted molar refractivity (Wildman–Crippen MR) is 228 cm³/mol. The second-order valence-electron chi connectivity index (χ2n) is 15.1. The number of hydrogen-bond acceptors (Lipinski definition) is 10. The number of ether oxygens (including phenoxy) is 4. The maximum atomic E-state index is 12.8. The van der Waals surface area contributed by atoms with Gasteiger partial charge in [-0.2, -0.15) is 0 Å². The molecule has 1 aliphatic heterocycles. The minimum Gasteiger partial charge on any atom is -0.462 e. The van der Waals surface area contributed by atoms with Crippen LogP contribution in [0, 0.1) is 0 Å². The van der Waals surface area contributed by atoms with Crippen molar-refractivity contribution in [2.75, 3.05) is 19.8 Å². The molecule has 0 radical (unpaired) electrons. The maximum Gasteiger partial charge on any atom is 0.306 e. The van der Waals surface area contributed by atoms with Gasteiger partial charge in [0, 0.05) is 12.8 Å². The summed E-state index contributed by atoms with van der Waals surface area (Å²) in [6.45, 7) is 3.24. The number of carbonyl (C=O) groups excluding carboxylic acids is 2. The zero-order valence-corrected chi connectivity index (χ0v) is 35.6. The van der Waals surface area contributed by atoms with E-state index in [1.165, 1.54) is 57.8 Å². The molecule has 0 amide bonds. The molecule has 0 bridgehead atoms. The Kier molecular flexibility index (Phi) is 34.6. The Labute approximate surface area is 345 Å². The van der Waals surface area contributed by atoms with E-state index >= 15 is 0 Å². The maximum absolute atomic E-state index is 12.8. The first kappa shape index (κ1) is 52.4. The van der Waals surface area contributed by atoms with Gasteiger partial charge in [0.05, 0.1) is 13.2 Å². The fourth-order valence-corrected chi connectivity index (χ4v) is 6.36. The van der Waals surface area contributed by atoms with Crippen molar-refractivity contribution in [2.45, 2.75) is 205 Å². The average molecular weight is 805 g/mol. The third-order valence-corrected chi connectivity index (χ3v) is 9.89. The van der Waals surface area contributed by atoms with Crippen LogP contribution in [0.4, 0.5) is 0 Å². The zero-order valence-electron chi connectivity index (χ0n) is 35.6. The summed E-state index contributed by atoms with van der Waals surface area (Å²) in [5.74, 6) is -0.883. The summed E-state index contributed by atoms with van der Waals surface area (Å²) in [5.41, 5.74) is 0. The third kappa shape index (κ3) is 29.3. The van der Waals surface area contributed by atoms with Crippen LogP contribution in [0.2, 0.25) is 0 Å². The summed E-state index contributed by atoms with van der Waals surface area (Å²) in [4.78, 5) is 25.3. The lowest BCUT2D eigenvalue weighted by atomic mass is 9.99. The van der Waals surface area contributed by atoms with Gasteiger partial charge in [-0.3, -0.25) is 9.59 Å². The first-order valence-electron chi connectivity index (χ1n) is 22.4. The fourth-order valence-electron chi connectivity index (χ4n) is 6.36. The molecule has 4 N–H and O–H groups in total. The first-order chi connectivity index (χ1) is 27.8. The highest BCUT2D eigenvalue weighted by atomic mass is 16.7. The molecule has 1 saturated heterocycles. The van der Waals surface area contributed by atoms with Gasteiger partial charge in [-0.25, -0.2) is 0 Å². The Morgan fingerprint density at radius 1 is 0.561 bits per heavy atom. The molecule has 328 valence electrons. The molecule has 1 heterocycles. The van der Waals surface area contributed by atoms with Crippen molar-refractivity contribution in [3.05, 3.63) is 60.8 Å². The van der Waals surface area contributed by atoms with Gasteiger partial charge in [-0.05, 0) is 70.6 Å². The van der Waals surface area contributed by atoms with Crippen molar-refractivity contribution in [1.82, 2.24) is 0 Å². The molecule has 1 aliphatic rings. The molecule has 2 unspecified atom stereocenters. The summed E-state index contributed by atoms with van der Waals surface area (Å²) < 4.78 is 22.1. The SMILES string of the molecule is CC/C=C/C/C=C/C/C=C/CCCCCCCC(=O)O[C@@H](COC(=O)CCC/C=C/C/C=C/CCCCCCCCCCC)CO[C@H]1O[C@@H](CO)[C@@H](O)C(O)C1O. The standard InChI is InChI=1S/C47H80O10/c1-3-5-7-9-11-13-15-17-19-20-22-23-25-27-29-31-33-35-42(49)54-38-40(39-55-47-46(53)45(52)44(51)41(37-48)57-47)56-43(50)36-34-32-30-28-26-24-21-18-16-14-12-10-8-6-4-2/h6,8,12,14,18,21-23,27,29,40-41,44-48,51-53H,3-5,7,9-11,13,15-17,19-20,24-26,28,30-39H2,1-2H3/b8-6+,14-12+,21-18+,23-22+,29-27+/t40-,41-,44+,45?,46?,47-/m0/s1. The lowest BCUT2D eigenvalue weighted by Crippen LogP contribution is -2.59. The molecule has 57 heavy (non-hydrogen) atoms.